The number of amides is 3. The van der Waals surface area contributed by atoms with Crippen molar-refractivity contribution < 1.29 is 79.5 Å². The number of hydrogen-bond donors (Lipinski definition) is 3. The van der Waals surface area contributed by atoms with Crippen molar-refractivity contribution in [3.8, 4) is 0 Å². The van der Waals surface area contributed by atoms with Gasteiger partial charge in [0.15, 0.2) is 0 Å². The predicted octanol–water partition coefficient (Wildman–Crippen LogP) is -4.37. The molecule has 1 aromatic rings. The van der Waals surface area contributed by atoms with Gasteiger partial charge in [0, 0.05) is 18.3 Å². The van der Waals surface area contributed by atoms with E-state index in [2.05, 4.69) is 9.38 Å². The van der Waals surface area contributed by atoms with Crippen molar-refractivity contribution in [2.45, 2.75) is 18.3 Å². The Morgan fingerprint density at radius 2 is 1.93 bits per heavy atom. The summed E-state index contributed by atoms with van der Waals surface area (Å²) in [4.78, 5) is 33.5. The number of fused-ring (bicyclic) bond motifs is 4. The molecule has 2 aliphatic heterocycles. The molecule has 19 heteroatoms. The number of urea groups is 1. The summed E-state index contributed by atoms with van der Waals surface area (Å²) in [6, 6.07) is -3.25. The molecule has 30 heavy (non-hydrogen) atoms. The third-order valence-corrected chi connectivity index (χ3v) is 4.12. The van der Waals surface area contributed by atoms with Crippen molar-refractivity contribution >= 4 is 28.4 Å². The molecule has 14 nitrogen and oxygen atoms in total. The number of carboxylic acids is 1. The molecule has 0 aliphatic carbocycles. The fourth-order valence-electron chi connectivity index (χ4n) is 2.69. The first-order valence-electron chi connectivity index (χ1n) is 7.32. The van der Waals surface area contributed by atoms with Gasteiger partial charge >= 0.3 is 53.8 Å². The van der Waals surface area contributed by atoms with E-state index in [9.17, 15) is 35.7 Å². The summed E-state index contributed by atoms with van der Waals surface area (Å²) in [5.41, 5.74) is 11.4. The fraction of sp³-hybridized carbons (Fsp3) is 0.455. The maximum absolute atomic E-state index is 12.2. The van der Waals surface area contributed by atoms with Crippen molar-refractivity contribution in [3.63, 3.8) is 0 Å². The Hall–Kier alpha value is -1.96. The molecule has 1 fully saturated rings. The van der Waals surface area contributed by atoms with E-state index in [1.807, 2.05) is 0 Å². The number of alkyl halides is 3. The number of halogens is 3. The second kappa shape index (κ2) is 9.04. The number of aliphatic carboxylic acids is 1. The minimum Gasteiger partial charge on any atom is -0.724 e. The van der Waals surface area contributed by atoms with E-state index < -0.39 is 46.7 Å². The van der Waals surface area contributed by atoms with Crippen LogP contribution in [0.15, 0.2) is 6.20 Å². The summed E-state index contributed by atoms with van der Waals surface area (Å²) in [6.45, 7) is 0.0346. The van der Waals surface area contributed by atoms with Gasteiger partial charge in [0.25, 0.3) is 0 Å². The number of carbonyl (C=O) groups is 3. The van der Waals surface area contributed by atoms with Crippen LogP contribution in [0.2, 0.25) is 0 Å². The number of rotatable bonds is 3. The summed E-state index contributed by atoms with van der Waals surface area (Å²) < 4.78 is 69.1. The summed E-state index contributed by atoms with van der Waals surface area (Å²) in [6.07, 6.45) is -3.77. The zero-order valence-corrected chi connectivity index (χ0v) is 17.8. The molecule has 3 heterocycles. The van der Waals surface area contributed by atoms with Crippen LogP contribution >= 0.6 is 0 Å². The maximum Gasteiger partial charge on any atom is 1.00 e. The molecule has 3 rings (SSSR count). The number of carboxylic acid groups (broad SMARTS) is 1. The van der Waals surface area contributed by atoms with Crippen molar-refractivity contribution in [1.82, 2.24) is 19.7 Å². The number of hydroxylamine groups is 2. The van der Waals surface area contributed by atoms with Crippen LogP contribution in [0.25, 0.3) is 0 Å². The molecule has 0 unspecified atom stereocenters. The van der Waals surface area contributed by atoms with Crippen LogP contribution < -0.4 is 41.0 Å². The first-order chi connectivity index (χ1) is 13.2. The van der Waals surface area contributed by atoms with Crippen LogP contribution in [0.4, 0.5) is 22.8 Å². The van der Waals surface area contributed by atoms with Gasteiger partial charge in [-0.3, -0.25) is 0 Å². The summed E-state index contributed by atoms with van der Waals surface area (Å²) in [5.74, 6) is -2.76. The number of nitrogens with two attached hydrogens (primary N) is 2. The average Bonchev–Trinajstić information content (AvgIpc) is 3.11. The molecule has 2 bridgehead atoms. The Labute approximate surface area is 187 Å². The van der Waals surface area contributed by atoms with Gasteiger partial charge in [-0.25, -0.2) is 22.8 Å². The zero-order chi connectivity index (χ0) is 22.3. The fourth-order valence-corrected chi connectivity index (χ4v) is 3.05. The Morgan fingerprint density at radius 3 is 2.33 bits per heavy atom. The second-order valence-electron chi connectivity index (χ2n) is 5.57. The van der Waals surface area contributed by atoms with Crippen molar-refractivity contribution in [3.05, 3.63) is 17.5 Å². The predicted molar refractivity (Wildman–Crippen MR) is 80.2 cm³/mol. The normalized spacial score (nSPS) is 20.1. The van der Waals surface area contributed by atoms with E-state index in [-0.39, 0.29) is 48.3 Å². The molecule has 0 spiro atoms. The van der Waals surface area contributed by atoms with Crippen LogP contribution in [0, 0.1) is 0 Å². The first-order valence-corrected chi connectivity index (χ1v) is 8.65. The Morgan fingerprint density at radius 1 is 1.40 bits per heavy atom. The van der Waals surface area contributed by atoms with Gasteiger partial charge in [-0.1, -0.05) is 0 Å². The Kier molecular flexibility index (Phi) is 7.86. The molecular formula is C11H12F3N6NaO8S. The van der Waals surface area contributed by atoms with E-state index in [0.29, 0.717) is 10.6 Å². The van der Waals surface area contributed by atoms with E-state index in [1.54, 1.807) is 0 Å². The third kappa shape index (κ3) is 5.39. The Bertz CT molecular complexity index is 953. The topological polar surface area (TPSA) is 214 Å². The number of nitrogens with zero attached hydrogens (tertiary/aromatic N) is 4. The molecule has 0 radical (unpaired) electrons. The van der Waals surface area contributed by atoms with Gasteiger partial charge in [0.1, 0.15) is 6.04 Å². The van der Waals surface area contributed by atoms with Crippen LogP contribution in [0.1, 0.15) is 23.3 Å². The van der Waals surface area contributed by atoms with Crippen molar-refractivity contribution in [2.75, 3.05) is 13.1 Å². The van der Waals surface area contributed by atoms with Gasteiger partial charge in [0.05, 0.1) is 18.3 Å². The average molecular weight is 468 g/mol. The Balaban J connectivity index is 0.000000489. The second-order valence-corrected chi connectivity index (χ2v) is 6.53. The van der Waals surface area contributed by atoms with Gasteiger partial charge in [-0.05, 0) is 0 Å². The van der Waals surface area contributed by atoms with E-state index in [4.69, 9.17) is 21.4 Å². The molecular weight excluding hydrogens is 456 g/mol. The third-order valence-electron chi connectivity index (χ3n) is 3.77. The van der Waals surface area contributed by atoms with E-state index in [1.165, 1.54) is 11.1 Å². The quantitative estimate of drug-likeness (QED) is 0.220. The van der Waals surface area contributed by atoms with Gasteiger partial charge < -0.3 is 26.0 Å². The van der Waals surface area contributed by atoms with Crippen LogP contribution in [-0.4, -0.2) is 75.1 Å². The molecule has 0 saturated carbocycles. The van der Waals surface area contributed by atoms with Crippen LogP contribution in [0.5, 0.6) is 0 Å². The minimum absolute atomic E-state index is 0. The van der Waals surface area contributed by atoms with Crippen LogP contribution in [0.3, 0.4) is 0 Å². The SMILES string of the molecule is NC[C@H]1c2cn(C(N)=O)nc2[C@H]2CN1C(=O)N2OS(=O)(=O)[O-].O=C(O)C(F)(F)F.[Na+]. The summed E-state index contributed by atoms with van der Waals surface area (Å²) in [7, 11) is -5.14. The van der Waals surface area contributed by atoms with Gasteiger partial charge in [-0.2, -0.15) is 32.3 Å². The molecule has 2 atom stereocenters. The minimum atomic E-state index is -5.14. The molecule has 2 aliphatic rings. The zero-order valence-electron chi connectivity index (χ0n) is 14.9. The summed E-state index contributed by atoms with van der Waals surface area (Å²) in [5, 5.41) is 11.5. The molecule has 162 valence electrons. The largest absolute Gasteiger partial charge is 1.00 e. The number of aromatic nitrogens is 2. The number of hydrogen-bond acceptors (Lipinski definition) is 9. The summed E-state index contributed by atoms with van der Waals surface area (Å²) >= 11 is 0. The maximum atomic E-state index is 12.2. The smallest absolute Gasteiger partial charge is 0.724 e. The first kappa shape index (κ1) is 26.1. The van der Waals surface area contributed by atoms with E-state index >= 15 is 0 Å². The van der Waals surface area contributed by atoms with Gasteiger partial charge in [-0.15, -0.1) is 0 Å². The molecule has 3 amide bonds. The molecule has 1 aromatic heterocycles. The van der Waals surface area contributed by atoms with Crippen LogP contribution in [-0.2, 0) is 19.5 Å². The molecule has 0 aromatic carbocycles. The molecule has 5 N–H and O–H groups in total. The van der Waals surface area contributed by atoms with E-state index in [0.717, 1.165) is 4.68 Å². The monoisotopic (exact) mass is 468 g/mol. The van der Waals surface area contributed by atoms with Gasteiger partial charge in [0.2, 0.25) is 10.4 Å². The van der Waals surface area contributed by atoms with Crippen molar-refractivity contribution in [1.29, 1.82) is 0 Å². The number of primary amides is 1. The standard InChI is InChI=1S/C9H12N6O6S.C2HF3O2.Na/c10-1-5-4-2-14(8(11)16)12-7(4)6-3-13(5)9(17)15(6)21-22(18,19)20;3-2(4,5)1(6)7;/h2,5-6H,1,3,10H2,(H2,11,16)(H,18,19,20);(H,6,7);/q;;+1/p-1/t5-,6+;;/m0../s1. The molecule has 1 saturated heterocycles. The number of carbonyl (C=O) groups excluding carboxylic acids is 2. The van der Waals surface area contributed by atoms with Crippen molar-refractivity contribution in [2.24, 2.45) is 11.5 Å².